The first-order valence-corrected chi connectivity index (χ1v) is 10.9. The first-order chi connectivity index (χ1) is 13.0. The Labute approximate surface area is 162 Å². The molecule has 1 saturated heterocycles. The highest BCUT2D eigenvalue weighted by Gasteiger charge is 2.24. The van der Waals surface area contributed by atoms with Gasteiger partial charge in [-0.1, -0.05) is 18.2 Å². The molecule has 27 heavy (non-hydrogen) atoms. The average molecular weight is 389 g/mol. The molecule has 1 unspecified atom stereocenters. The second kappa shape index (κ2) is 8.71. The number of anilines is 2. The zero-order chi connectivity index (χ0) is 19.3. The fourth-order valence-corrected chi connectivity index (χ4v) is 4.98. The lowest BCUT2D eigenvalue weighted by molar-refractivity contribution is 0.301. The summed E-state index contributed by atoms with van der Waals surface area (Å²) in [6.45, 7) is 4.19. The van der Waals surface area contributed by atoms with Gasteiger partial charge in [-0.25, -0.2) is 13.4 Å². The van der Waals surface area contributed by atoms with Gasteiger partial charge in [-0.2, -0.15) is 0 Å². The summed E-state index contributed by atoms with van der Waals surface area (Å²) in [6.07, 6.45) is 5.01. The van der Waals surface area contributed by atoms with Gasteiger partial charge in [0.25, 0.3) is 10.0 Å². The fraction of sp³-hybridized carbons (Fsp3) is 0.450. The predicted molar refractivity (Wildman–Crippen MR) is 110 cm³/mol. The van der Waals surface area contributed by atoms with Crippen molar-refractivity contribution >= 4 is 21.5 Å². The minimum Gasteiger partial charge on any atom is -0.370 e. The number of aromatic nitrogens is 1. The van der Waals surface area contributed by atoms with Crippen LogP contribution in [0.5, 0.6) is 0 Å². The maximum atomic E-state index is 13.0. The van der Waals surface area contributed by atoms with Gasteiger partial charge in [-0.15, -0.1) is 0 Å². The van der Waals surface area contributed by atoms with Crippen LogP contribution in [0.4, 0.5) is 11.5 Å². The van der Waals surface area contributed by atoms with Crippen molar-refractivity contribution in [1.29, 1.82) is 0 Å². The third kappa shape index (κ3) is 4.59. The van der Waals surface area contributed by atoms with Crippen molar-refractivity contribution < 1.29 is 8.42 Å². The molecule has 0 bridgehead atoms. The van der Waals surface area contributed by atoms with Gasteiger partial charge in [0, 0.05) is 25.3 Å². The van der Waals surface area contributed by atoms with Gasteiger partial charge in [-0.3, -0.25) is 4.31 Å². The molecule has 1 aromatic carbocycles. The molecule has 3 rings (SSSR count). The number of nitrogens with zero attached hydrogens (tertiary/aromatic N) is 3. The Morgan fingerprint density at radius 1 is 1.22 bits per heavy atom. The average Bonchev–Trinajstić information content (AvgIpc) is 3.08. The third-order valence-corrected chi connectivity index (χ3v) is 7.00. The SMILES string of the molecule is CCN(c1ccccc1)S(=O)(=O)c1ccc(NCCC2CCCN2C)nc1. The molecule has 2 heterocycles. The normalized spacial score (nSPS) is 17.8. The first kappa shape index (κ1) is 19.6. The third-order valence-electron chi connectivity index (χ3n) is 5.11. The highest BCUT2D eigenvalue weighted by Crippen LogP contribution is 2.23. The summed E-state index contributed by atoms with van der Waals surface area (Å²) in [4.78, 5) is 6.91. The lowest BCUT2D eigenvalue weighted by Crippen LogP contribution is -2.30. The minimum absolute atomic E-state index is 0.203. The molecule has 1 aliphatic rings. The summed E-state index contributed by atoms with van der Waals surface area (Å²) in [5, 5.41) is 3.30. The van der Waals surface area contributed by atoms with Gasteiger partial charge < -0.3 is 10.2 Å². The highest BCUT2D eigenvalue weighted by molar-refractivity contribution is 7.92. The quantitative estimate of drug-likeness (QED) is 0.752. The van der Waals surface area contributed by atoms with Gasteiger partial charge in [0.15, 0.2) is 0 Å². The Morgan fingerprint density at radius 2 is 2.00 bits per heavy atom. The van der Waals surface area contributed by atoms with Crippen LogP contribution in [-0.2, 0) is 10.0 Å². The molecule has 0 saturated carbocycles. The Balaban J connectivity index is 1.65. The maximum absolute atomic E-state index is 13.0. The van der Waals surface area contributed by atoms with Crippen LogP contribution in [0.25, 0.3) is 0 Å². The van der Waals surface area contributed by atoms with E-state index in [0.29, 0.717) is 24.1 Å². The van der Waals surface area contributed by atoms with Gasteiger partial charge >= 0.3 is 0 Å². The molecule has 2 aromatic rings. The van der Waals surface area contributed by atoms with Gasteiger partial charge in [0.2, 0.25) is 0 Å². The van der Waals surface area contributed by atoms with Crippen LogP contribution in [0, 0.1) is 0 Å². The van der Waals surface area contributed by atoms with Gasteiger partial charge in [0.1, 0.15) is 10.7 Å². The van der Waals surface area contributed by atoms with Crippen molar-refractivity contribution in [2.24, 2.45) is 0 Å². The summed E-state index contributed by atoms with van der Waals surface area (Å²) >= 11 is 0. The number of pyridine rings is 1. The van der Waals surface area contributed by atoms with Crippen LogP contribution in [0.15, 0.2) is 53.6 Å². The monoisotopic (exact) mass is 388 g/mol. The topological polar surface area (TPSA) is 65.5 Å². The summed E-state index contributed by atoms with van der Waals surface area (Å²) in [6, 6.07) is 13.1. The molecule has 1 atom stereocenters. The Morgan fingerprint density at radius 3 is 2.59 bits per heavy atom. The van der Waals surface area contributed by atoms with Gasteiger partial charge in [-0.05, 0) is 64.0 Å². The van der Waals surface area contributed by atoms with E-state index in [1.807, 2.05) is 25.1 Å². The molecule has 1 N–H and O–H groups in total. The number of para-hydroxylation sites is 1. The molecule has 0 amide bonds. The van der Waals surface area contributed by atoms with Crippen LogP contribution < -0.4 is 9.62 Å². The van der Waals surface area contributed by atoms with E-state index in [9.17, 15) is 8.42 Å². The van der Waals surface area contributed by atoms with Crippen LogP contribution in [-0.4, -0.2) is 51.0 Å². The van der Waals surface area contributed by atoms with E-state index in [4.69, 9.17) is 0 Å². The molecule has 6 nitrogen and oxygen atoms in total. The van der Waals surface area contributed by atoms with E-state index in [-0.39, 0.29) is 4.90 Å². The molecule has 7 heteroatoms. The smallest absolute Gasteiger partial charge is 0.265 e. The molecule has 0 spiro atoms. The number of hydrogen-bond acceptors (Lipinski definition) is 5. The molecular formula is C20H28N4O2S. The number of nitrogens with one attached hydrogen (secondary N) is 1. The second-order valence-corrected chi connectivity index (χ2v) is 8.74. The first-order valence-electron chi connectivity index (χ1n) is 9.50. The Hall–Kier alpha value is -2.12. The lowest BCUT2D eigenvalue weighted by atomic mass is 10.1. The summed E-state index contributed by atoms with van der Waals surface area (Å²) in [5.74, 6) is 0.706. The van der Waals surface area contributed by atoms with E-state index in [1.54, 1.807) is 24.3 Å². The van der Waals surface area contributed by atoms with Crippen molar-refractivity contribution in [2.75, 3.05) is 36.3 Å². The lowest BCUT2D eigenvalue weighted by Gasteiger charge is -2.23. The van der Waals surface area contributed by atoms with Crippen molar-refractivity contribution in [3.63, 3.8) is 0 Å². The van der Waals surface area contributed by atoms with Crippen molar-refractivity contribution in [2.45, 2.75) is 37.1 Å². The largest absolute Gasteiger partial charge is 0.370 e. The molecule has 0 radical (unpaired) electrons. The van der Waals surface area contributed by atoms with Crippen molar-refractivity contribution in [3.8, 4) is 0 Å². The maximum Gasteiger partial charge on any atom is 0.265 e. The van der Waals surface area contributed by atoms with Crippen molar-refractivity contribution in [1.82, 2.24) is 9.88 Å². The zero-order valence-corrected chi connectivity index (χ0v) is 16.8. The second-order valence-electron chi connectivity index (χ2n) is 6.88. The van der Waals surface area contributed by atoms with Gasteiger partial charge in [0.05, 0.1) is 5.69 Å². The van der Waals surface area contributed by atoms with Crippen LogP contribution in [0.3, 0.4) is 0 Å². The van der Waals surface area contributed by atoms with Crippen LogP contribution >= 0.6 is 0 Å². The summed E-state index contributed by atoms with van der Waals surface area (Å²) in [5.41, 5.74) is 0.655. The molecule has 1 aliphatic heterocycles. The molecule has 0 aliphatic carbocycles. The van der Waals surface area contributed by atoms with Crippen LogP contribution in [0.1, 0.15) is 26.2 Å². The van der Waals surface area contributed by atoms with E-state index in [0.717, 1.165) is 13.0 Å². The molecule has 1 fully saturated rings. The summed E-state index contributed by atoms with van der Waals surface area (Å²) in [7, 11) is -1.46. The van der Waals surface area contributed by atoms with E-state index >= 15 is 0 Å². The number of benzene rings is 1. The van der Waals surface area contributed by atoms with E-state index in [1.165, 1.54) is 29.9 Å². The standard InChI is InChI=1S/C20H28N4O2S/c1-3-24(18-8-5-4-6-9-18)27(25,26)19-11-12-20(22-16-19)21-14-13-17-10-7-15-23(17)2/h4-6,8-9,11-12,16-17H,3,7,10,13-15H2,1-2H3,(H,21,22). The number of rotatable bonds is 8. The summed E-state index contributed by atoms with van der Waals surface area (Å²) < 4.78 is 27.3. The minimum atomic E-state index is -3.63. The molecule has 146 valence electrons. The molecule has 1 aromatic heterocycles. The van der Waals surface area contributed by atoms with Crippen LogP contribution in [0.2, 0.25) is 0 Å². The van der Waals surface area contributed by atoms with E-state index in [2.05, 4.69) is 22.2 Å². The Bertz CT molecular complexity index is 825. The fourth-order valence-electron chi connectivity index (χ4n) is 3.56. The Kier molecular flexibility index (Phi) is 6.34. The predicted octanol–water partition coefficient (Wildman–Crippen LogP) is 3.19. The number of hydrogen-bond donors (Lipinski definition) is 1. The number of likely N-dealkylation sites (tertiary alicyclic amines) is 1. The highest BCUT2D eigenvalue weighted by atomic mass is 32.2. The molecular weight excluding hydrogens is 360 g/mol. The van der Waals surface area contributed by atoms with E-state index < -0.39 is 10.0 Å². The zero-order valence-electron chi connectivity index (χ0n) is 16.0. The van der Waals surface area contributed by atoms with Crippen molar-refractivity contribution in [3.05, 3.63) is 48.7 Å². The number of sulfonamides is 1.